The SMILES string of the molecule is CCCCCCCCCCCCC(=O)OC[C@H](COP(=O)(O)OC[C@H](O)COP(=O)(O)OC[C@@H](COC(=O)CCCCCCCCCCCCCCCC(C)C)OC(=O)CCCCCCCCCCCCCCCCCCCCC(C)C)OC(=O)CCCCCCCCCCCC(C)C. The van der Waals surface area contributed by atoms with Crippen LogP contribution in [-0.4, -0.2) is 96.7 Å². The van der Waals surface area contributed by atoms with Gasteiger partial charge in [0, 0.05) is 25.7 Å². The summed E-state index contributed by atoms with van der Waals surface area (Å²) < 4.78 is 68.6. The molecule has 0 saturated heterocycles. The molecular weight excluding hydrogens is 1290 g/mol. The second-order valence-corrected chi connectivity index (χ2v) is 33.1. The number of phosphoric acid groups is 2. The summed E-state index contributed by atoms with van der Waals surface area (Å²) in [6.07, 6.45) is 58.3. The maximum absolute atomic E-state index is 13.1. The van der Waals surface area contributed by atoms with E-state index in [2.05, 4.69) is 48.5 Å². The van der Waals surface area contributed by atoms with E-state index in [1.807, 2.05) is 0 Å². The van der Waals surface area contributed by atoms with E-state index >= 15 is 0 Å². The second-order valence-electron chi connectivity index (χ2n) is 30.2. The van der Waals surface area contributed by atoms with E-state index in [-0.39, 0.29) is 25.7 Å². The van der Waals surface area contributed by atoms with Gasteiger partial charge in [-0.1, -0.05) is 363 Å². The monoisotopic (exact) mass is 1450 g/mol. The van der Waals surface area contributed by atoms with Crippen LogP contribution in [-0.2, 0) is 65.4 Å². The number of aliphatic hydroxyl groups is 1. The highest BCUT2D eigenvalue weighted by Crippen LogP contribution is 2.45. The van der Waals surface area contributed by atoms with Crippen LogP contribution in [0.1, 0.15) is 414 Å². The molecule has 0 aliphatic rings. The van der Waals surface area contributed by atoms with E-state index in [0.717, 1.165) is 108 Å². The zero-order chi connectivity index (χ0) is 73.0. The topological polar surface area (TPSA) is 237 Å². The van der Waals surface area contributed by atoms with Gasteiger partial charge in [0.25, 0.3) is 0 Å². The number of ether oxygens (including phenoxy) is 4. The molecule has 0 spiro atoms. The van der Waals surface area contributed by atoms with Gasteiger partial charge in [0.05, 0.1) is 26.4 Å². The van der Waals surface area contributed by atoms with Gasteiger partial charge in [-0.05, 0) is 43.4 Å². The molecule has 0 heterocycles. The first-order valence-corrected chi connectivity index (χ1v) is 44.3. The Morgan fingerprint density at radius 1 is 0.273 bits per heavy atom. The molecule has 0 radical (unpaired) electrons. The van der Waals surface area contributed by atoms with Crippen LogP contribution >= 0.6 is 15.6 Å². The summed E-state index contributed by atoms with van der Waals surface area (Å²) >= 11 is 0. The van der Waals surface area contributed by atoms with Gasteiger partial charge in [-0.25, -0.2) is 9.13 Å². The summed E-state index contributed by atoms with van der Waals surface area (Å²) in [5.41, 5.74) is 0. The summed E-state index contributed by atoms with van der Waals surface area (Å²) in [4.78, 5) is 72.9. The molecule has 588 valence electrons. The number of carbonyl (C=O) groups is 4. The lowest BCUT2D eigenvalue weighted by Crippen LogP contribution is -2.30. The van der Waals surface area contributed by atoms with E-state index in [1.165, 1.54) is 225 Å². The Balaban J connectivity index is 5.22. The van der Waals surface area contributed by atoms with Crippen LogP contribution in [0.5, 0.6) is 0 Å². The number of carbonyl (C=O) groups excluding carboxylic acids is 4. The molecule has 2 unspecified atom stereocenters. The summed E-state index contributed by atoms with van der Waals surface area (Å²) in [7, 11) is -9.92. The van der Waals surface area contributed by atoms with Gasteiger partial charge >= 0.3 is 39.5 Å². The lowest BCUT2D eigenvalue weighted by Gasteiger charge is -2.21. The number of esters is 4. The molecular formula is C80H156O17P2. The number of rotatable bonds is 78. The average Bonchev–Trinajstić information content (AvgIpc) is 0.997. The van der Waals surface area contributed by atoms with Crippen LogP contribution in [0.2, 0.25) is 0 Å². The highest BCUT2D eigenvalue weighted by Gasteiger charge is 2.30. The molecule has 0 bridgehead atoms. The molecule has 5 atom stereocenters. The molecule has 99 heavy (non-hydrogen) atoms. The summed E-state index contributed by atoms with van der Waals surface area (Å²) in [5, 5.41) is 10.6. The fourth-order valence-electron chi connectivity index (χ4n) is 12.3. The van der Waals surface area contributed by atoms with Crippen molar-refractivity contribution in [2.24, 2.45) is 17.8 Å². The standard InChI is InChI=1S/C80H156O17P2/c1-8-9-10-11-12-13-33-40-47-54-61-77(82)90-67-76(97-80(85)64-57-50-43-36-29-32-39-46-53-60-73(6)7)70-95-99(88,89)93-66-74(81)65-92-98(86,87)94-69-75(68-91-78(83)62-55-48-41-34-27-24-20-22-26-31-38-45-52-59-72(4)5)96-79(84)63-56-49-42-35-28-23-19-17-15-14-16-18-21-25-30-37-44-51-58-71(2)3/h71-76,81H,8-70H2,1-7H3,(H,86,87)(H,88,89)/t74-,75-,76-/m1/s1. The van der Waals surface area contributed by atoms with Gasteiger partial charge in [-0.15, -0.1) is 0 Å². The first-order chi connectivity index (χ1) is 47.7. The zero-order valence-corrected chi connectivity index (χ0v) is 66.8. The summed E-state index contributed by atoms with van der Waals surface area (Å²) in [6.45, 7) is 12.0. The molecule has 0 aromatic carbocycles. The second kappa shape index (κ2) is 70.4. The van der Waals surface area contributed by atoms with Crippen LogP contribution < -0.4 is 0 Å². The number of hydrogen-bond acceptors (Lipinski definition) is 15. The van der Waals surface area contributed by atoms with Crippen molar-refractivity contribution in [2.75, 3.05) is 39.6 Å². The van der Waals surface area contributed by atoms with E-state index in [1.54, 1.807) is 0 Å². The number of unbranched alkanes of at least 4 members (excludes halogenated alkanes) is 46. The minimum absolute atomic E-state index is 0.105. The maximum atomic E-state index is 13.1. The molecule has 0 aromatic rings. The van der Waals surface area contributed by atoms with E-state index < -0.39 is 97.5 Å². The molecule has 0 aliphatic carbocycles. The Morgan fingerprint density at radius 3 is 0.687 bits per heavy atom. The number of hydrogen-bond donors (Lipinski definition) is 3. The smallest absolute Gasteiger partial charge is 0.462 e. The van der Waals surface area contributed by atoms with Gasteiger partial charge in [-0.3, -0.25) is 37.3 Å². The predicted molar refractivity (Wildman–Crippen MR) is 405 cm³/mol. The number of aliphatic hydroxyl groups excluding tert-OH is 1. The Labute approximate surface area is 607 Å². The molecule has 0 rings (SSSR count). The Morgan fingerprint density at radius 2 is 0.465 bits per heavy atom. The Kier molecular flexibility index (Phi) is 69.0. The molecule has 0 saturated carbocycles. The minimum Gasteiger partial charge on any atom is -0.462 e. The summed E-state index contributed by atoms with van der Waals surface area (Å²) in [5.74, 6) is 0.235. The third-order valence-corrected chi connectivity index (χ3v) is 20.5. The Bertz CT molecular complexity index is 1920. The quantitative estimate of drug-likeness (QED) is 0.0222. The lowest BCUT2D eigenvalue weighted by molar-refractivity contribution is -0.161. The first-order valence-electron chi connectivity index (χ1n) is 41.3. The van der Waals surface area contributed by atoms with Gasteiger partial charge < -0.3 is 33.8 Å². The van der Waals surface area contributed by atoms with Gasteiger partial charge in [-0.2, -0.15) is 0 Å². The summed E-state index contributed by atoms with van der Waals surface area (Å²) in [6, 6.07) is 0. The highest BCUT2D eigenvalue weighted by molar-refractivity contribution is 7.47. The van der Waals surface area contributed by atoms with E-state index in [4.69, 9.17) is 37.0 Å². The van der Waals surface area contributed by atoms with Crippen LogP contribution in [0.15, 0.2) is 0 Å². The maximum Gasteiger partial charge on any atom is 0.472 e. The highest BCUT2D eigenvalue weighted by atomic mass is 31.2. The van der Waals surface area contributed by atoms with Crippen molar-refractivity contribution in [2.45, 2.75) is 433 Å². The van der Waals surface area contributed by atoms with Gasteiger partial charge in [0.1, 0.15) is 19.3 Å². The van der Waals surface area contributed by atoms with Crippen LogP contribution in [0, 0.1) is 17.8 Å². The lowest BCUT2D eigenvalue weighted by atomic mass is 10.0. The fraction of sp³-hybridized carbons (Fsp3) is 0.950. The molecule has 0 aliphatic heterocycles. The fourth-order valence-corrected chi connectivity index (χ4v) is 13.9. The zero-order valence-electron chi connectivity index (χ0n) is 65.0. The minimum atomic E-state index is -4.96. The largest absolute Gasteiger partial charge is 0.472 e. The molecule has 0 amide bonds. The predicted octanol–water partition coefficient (Wildman–Crippen LogP) is 23.7. The molecule has 17 nitrogen and oxygen atoms in total. The Hall–Kier alpha value is -1.94. The van der Waals surface area contributed by atoms with Crippen LogP contribution in [0.3, 0.4) is 0 Å². The van der Waals surface area contributed by atoms with Crippen molar-refractivity contribution in [1.29, 1.82) is 0 Å². The van der Waals surface area contributed by atoms with Crippen molar-refractivity contribution in [3.05, 3.63) is 0 Å². The van der Waals surface area contributed by atoms with Crippen LogP contribution in [0.25, 0.3) is 0 Å². The van der Waals surface area contributed by atoms with Crippen molar-refractivity contribution in [3.63, 3.8) is 0 Å². The van der Waals surface area contributed by atoms with Crippen molar-refractivity contribution in [3.8, 4) is 0 Å². The normalized spacial score (nSPS) is 14.0. The molecule has 0 fully saturated rings. The van der Waals surface area contributed by atoms with Crippen molar-refractivity contribution < 1.29 is 80.2 Å². The van der Waals surface area contributed by atoms with Crippen molar-refractivity contribution in [1.82, 2.24) is 0 Å². The van der Waals surface area contributed by atoms with Gasteiger partial charge in [0.2, 0.25) is 0 Å². The van der Waals surface area contributed by atoms with Gasteiger partial charge in [0.15, 0.2) is 12.2 Å². The molecule has 3 N–H and O–H groups in total. The van der Waals surface area contributed by atoms with Crippen molar-refractivity contribution >= 4 is 39.5 Å². The third kappa shape index (κ3) is 74.1. The van der Waals surface area contributed by atoms with Crippen LogP contribution in [0.4, 0.5) is 0 Å². The molecule has 0 aromatic heterocycles. The molecule has 19 heteroatoms. The third-order valence-electron chi connectivity index (χ3n) is 18.6. The van der Waals surface area contributed by atoms with E-state index in [0.29, 0.717) is 25.7 Å². The first kappa shape index (κ1) is 97.1. The van der Waals surface area contributed by atoms with E-state index in [9.17, 15) is 43.2 Å². The number of phosphoric ester groups is 2. The average molecular weight is 1450 g/mol.